The molecule has 1 aromatic heterocycles. The average molecular weight is 248 g/mol. The van der Waals surface area contributed by atoms with Crippen molar-refractivity contribution in [2.45, 2.75) is 24.0 Å². The van der Waals surface area contributed by atoms with E-state index < -0.39 is 0 Å². The van der Waals surface area contributed by atoms with Crippen LogP contribution in [0.4, 0.5) is 5.69 Å². The fourth-order valence-electron chi connectivity index (χ4n) is 1.24. The molecule has 1 aliphatic rings. The summed E-state index contributed by atoms with van der Waals surface area (Å²) in [7, 11) is 0. The molecule has 6 heteroatoms. The van der Waals surface area contributed by atoms with Crippen LogP contribution in [0.15, 0.2) is 14.7 Å². The first-order chi connectivity index (χ1) is 6.72. The van der Waals surface area contributed by atoms with Gasteiger partial charge < -0.3 is 0 Å². The zero-order valence-corrected chi connectivity index (χ0v) is 10.0. The molecule has 0 unspecified atom stereocenters. The van der Waals surface area contributed by atoms with E-state index in [0.717, 1.165) is 32.9 Å². The van der Waals surface area contributed by atoms with Crippen molar-refractivity contribution in [1.29, 1.82) is 0 Å². The maximum Gasteiger partial charge on any atom is 0.132 e. The van der Waals surface area contributed by atoms with Gasteiger partial charge in [-0.1, -0.05) is 18.5 Å². The predicted molar refractivity (Wildman–Crippen MR) is 64.2 cm³/mol. The van der Waals surface area contributed by atoms with Crippen molar-refractivity contribution in [3.8, 4) is 0 Å². The number of hydrogen-bond acceptors (Lipinski definition) is 5. The van der Waals surface area contributed by atoms with Gasteiger partial charge in [0.1, 0.15) is 10.0 Å². The molecule has 14 heavy (non-hydrogen) atoms. The summed E-state index contributed by atoms with van der Waals surface area (Å²) in [4.78, 5) is 0. The van der Waals surface area contributed by atoms with Crippen molar-refractivity contribution in [3.63, 3.8) is 0 Å². The topological polar surface area (TPSA) is 41.6 Å². The minimum absolute atomic E-state index is 0.755. The Morgan fingerprint density at radius 2 is 2.43 bits per heavy atom. The summed E-state index contributed by atoms with van der Waals surface area (Å²) in [6, 6.07) is 1.89. The van der Waals surface area contributed by atoms with E-state index in [2.05, 4.69) is 11.3 Å². The second-order valence-electron chi connectivity index (χ2n) is 2.94. The number of nitrogens with two attached hydrogens (primary N) is 1. The van der Waals surface area contributed by atoms with Crippen LogP contribution in [-0.2, 0) is 0 Å². The summed E-state index contributed by atoms with van der Waals surface area (Å²) in [5.74, 6) is 6.84. The molecule has 0 amide bonds. The van der Waals surface area contributed by atoms with Crippen LogP contribution in [0.2, 0.25) is 4.34 Å². The average Bonchev–Trinajstić information content (AvgIpc) is 2.52. The zero-order chi connectivity index (χ0) is 10.1. The van der Waals surface area contributed by atoms with E-state index in [1.807, 2.05) is 6.07 Å². The number of rotatable bonds is 2. The van der Waals surface area contributed by atoms with Crippen molar-refractivity contribution in [2.24, 2.45) is 10.2 Å². The molecule has 0 atom stereocenters. The lowest BCUT2D eigenvalue weighted by molar-refractivity contribution is 0.948. The van der Waals surface area contributed by atoms with E-state index in [9.17, 15) is 0 Å². The largest absolute Gasteiger partial charge is 0.263 e. The maximum atomic E-state index is 5.93. The van der Waals surface area contributed by atoms with Gasteiger partial charge in [0, 0.05) is 18.4 Å². The molecule has 1 aromatic rings. The van der Waals surface area contributed by atoms with Crippen LogP contribution >= 0.6 is 34.9 Å². The lowest BCUT2D eigenvalue weighted by Gasteiger charge is -2.23. The summed E-state index contributed by atoms with van der Waals surface area (Å²) >= 11 is 8.89. The second kappa shape index (κ2) is 4.10. The SMILES string of the molecule is CCCC1=NSc2sc(Cl)cc2N1N. The third kappa shape index (κ3) is 1.77. The van der Waals surface area contributed by atoms with E-state index in [-0.39, 0.29) is 0 Å². The minimum atomic E-state index is 0.755. The molecule has 0 aromatic carbocycles. The monoisotopic (exact) mass is 247 g/mol. The van der Waals surface area contributed by atoms with Gasteiger partial charge in [-0.25, -0.2) is 5.84 Å². The van der Waals surface area contributed by atoms with Crippen LogP contribution in [0.25, 0.3) is 0 Å². The Labute approximate surface area is 96.1 Å². The maximum absolute atomic E-state index is 5.93. The standard InChI is InChI=1S/C8H10ClN3S2/c1-2-3-7-11-14-8-5(12(7)10)4-6(9)13-8/h4H,2-3,10H2,1H3. The Bertz CT molecular complexity index is 375. The van der Waals surface area contributed by atoms with E-state index in [1.54, 1.807) is 5.01 Å². The highest BCUT2D eigenvalue weighted by Gasteiger charge is 2.21. The van der Waals surface area contributed by atoms with Crippen LogP contribution in [0.3, 0.4) is 0 Å². The molecule has 0 aliphatic carbocycles. The van der Waals surface area contributed by atoms with E-state index in [1.165, 1.54) is 23.3 Å². The van der Waals surface area contributed by atoms with Gasteiger partial charge in [-0.15, -0.1) is 11.3 Å². The molecular weight excluding hydrogens is 238 g/mol. The predicted octanol–water partition coefficient (Wildman–Crippen LogP) is 3.30. The summed E-state index contributed by atoms with van der Waals surface area (Å²) in [6.07, 6.45) is 1.94. The van der Waals surface area contributed by atoms with E-state index in [4.69, 9.17) is 17.4 Å². The third-order valence-electron chi connectivity index (χ3n) is 1.89. The van der Waals surface area contributed by atoms with Gasteiger partial charge >= 0.3 is 0 Å². The van der Waals surface area contributed by atoms with Gasteiger partial charge in [0.2, 0.25) is 0 Å². The molecule has 1 aliphatic heterocycles. The van der Waals surface area contributed by atoms with Gasteiger partial charge in [0.05, 0.1) is 10.0 Å². The lowest BCUT2D eigenvalue weighted by atomic mass is 10.3. The number of anilines is 1. The Morgan fingerprint density at radius 3 is 3.14 bits per heavy atom. The summed E-state index contributed by atoms with van der Waals surface area (Å²) in [5.41, 5.74) is 0.975. The van der Waals surface area contributed by atoms with Gasteiger partial charge in [0.25, 0.3) is 0 Å². The molecule has 3 nitrogen and oxygen atoms in total. The quantitative estimate of drug-likeness (QED) is 0.644. The first-order valence-corrected chi connectivity index (χ1v) is 6.27. The number of fused-ring (bicyclic) bond motifs is 1. The van der Waals surface area contributed by atoms with Crippen LogP contribution in [-0.4, -0.2) is 5.84 Å². The molecule has 0 bridgehead atoms. The second-order valence-corrected chi connectivity index (χ2v) is 5.66. The lowest BCUT2D eigenvalue weighted by Crippen LogP contribution is -2.38. The number of hydrazine groups is 1. The molecular formula is C8H10ClN3S2. The normalized spacial score (nSPS) is 15.4. The number of thiophene rings is 1. The van der Waals surface area contributed by atoms with Crippen LogP contribution in [0.5, 0.6) is 0 Å². The van der Waals surface area contributed by atoms with Gasteiger partial charge in [-0.3, -0.25) is 5.01 Å². The third-order valence-corrected chi connectivity index (χ3v) is 4.09. The first kappa shape index (κ1) is 10.3. The Balaban J connectivity index is 2.28. The molecule has 0 spiro atoms. The van der Waals surface area contributed by atoms with Gasteiger partial charge in [-0.2, -0.15) is 4.40 Å². The fourth-order valence-corrected chi connectivity index (χ4v) is 3.47. The Kier molecular flexibility index (Phi) is 3.02. The number of halogens is 1. The summed E-state index contributed by atoms with van der Waals surface area (Å²) in [5, 5.41) is 1.64. The highest BCUT2D eigenvalue weighted by Crippen LogP contribution is 2.43. The Morgan fingerprint density at radius 1 is 1.64 bits per heavy atom. The molecule has 2 rings (SSSR count). The molecule has 76 valence electrons. The van der Waals surface area contributed by atoms with Crippen LogP contribution in [0, 0.1) is 0 Å². The van der Waals surface area contributed by atoms with Crippen molar-refractivity contribution in [1.82, 2.24) is 0 Å². The van der Waals surface area contributed by atoms with Gasteiger partial charge in [0.15, 0.2) is 0 Å². The molecule has 0 saturated carbocycles. The van der Waals surface area contributed by atoms with Crippen molar-refractivity contribution < 1.29 is 0 Å². The van der Waals surface area contributed by atoms with Crippen LogP contribution < -0.4 is 10.9 Å². The van der Waals surface area contributed by atoms with E-state index >= 15 is 0 Å². The Hall–Kier alpha value is -0.230. The highest BCUT2D eigenvalue weighted by molar-refractivity contribution is 8.00. The van der Waals surface area contributed by atoms with Crippen molar-refractivity contribution in [2.75, 3.05) is 5.01 Å². The summed E-state index contributed by atoms with van der Waals surface area (Å²) < 4.78 is 6.16. The summed E-state index contributed by atoms with van der Waals surface area (Å²) in [6.45, 7) is 2.11. The zero-order valence-electron chi connectivity index (χ0n) is 7.66. The molecule has 2 heterocycles. The highest BCUT2D eigenvalue weighted by atomic mass is 35.5. The number of hydrogen-bond donors (Lipinski definition) is 1. The van der Waals surface area contributed by atoms with Crippen molar-refractivity contribution >= 4 is 46.4 Å². The fraction of sp³-hybridized carbons (Fsp3) is 0.375. The number of nitrogens with zero attached hydrogens (tertiary/aromatic N) is 2. The minimum Gasteiger partial charge on any atom is -0.263 e. The number of amidine groups is 1. The van der Waals surface area contributed by atoms with Crippen LogP contribution in [0.1, 0.15) is 19.8 Å². The van der Waals surface area contributed by atoms with E-state index in [0.29, 0.717) is 0 Å². The molecule has 0 radical (unpaired) electrons. The molecule has 0 fully saturated rings. The van der Waals surface area contributed by atoms with Gasteiger partial charge in [-0.05, 0) is 12.5 Å². The molecule has 2 N–H and O–H groups in total. The first-order valence-electron chi connectivity index (χ1n) is 4.30. The van der Waals surface area contributed by atoms with Crippen molar-refractivity contribution in [3.05, 3.63) is 10.4 Å². The smallest absolute Gasteiger partial charge is 0.132 e. The molecule has 0 saturated heterocycles.